The molecule has 0 radical (unpaired) electrons. The minimum Gasteiger partial charge on any atom is -0.207 e. The number of rotatable bonds is 2. The van der Waals surface area contributed by atoms with E-state index < -0.39 is 10.0 Å². The van der Waals surface area contributed by atoms with Crippen molar-refractivity contribution in [3.63, 3.8) is 0 Å². The Hall–Kier alpha value is -1.31. The van der Waals surface area contributed by atoms with E-state index in [9.17, 15) is 8.42 Å². The molecule has 2 aromatic rings. The van der Waals surface area contributed by atoms with E-state index in [4.69, 9.17) is 0 Å². The zero-order valence-electron chi connectivity index (χ0n) is 9.70. The topological polar surface area (TPSA) is 63.2 Å². The van der Waals surface area contributed by atoms with Gasteiger partial charge in [0.25, 0.3) is 0 Å². The molecule has 0 unspecified atom stereocenters. The first-order valence-corrected chi connectivity index (χ1v) is 7.70. The van der Waals surface area contributed by atoms with E-state index in [2.05, 4.69) is 10.2 Å². The minimum absolute atomic E-state index is 0.294. The summed E-state index contributed by atoms with van der Waals surface area (Å²) in [5.74, 6) is 0. The highest BCUT2D eigenvalue weighted by molar-refractivity contribution is 7.89. The quantitative estimate of drug-likeness (QED) is 0.838. The van der Waals surface area contributed by atoms with Gasteiger partial charge in [-0.1, -0.05) is 18.2 Å². The number of benzene rings is 1. The van der Waals surface area contributed by atoms with E-state index in [1.807, 2.05) is 19.1 Å². The SMILES string of the molecule is Cc1nnc(CN2Cc3ccccc3S2(=O)=O)s1. The molecule has 0 atom stereocenters. The Morgan fingerprint density at radius 1 is 1.33 bits per heavy atom. The largest absolute Gasteiger partial charge is 0.244 e. The van der Waals surface area contributed by atoms with Crippen LogP contribution in [0.4, 0.5) is 0 Å². The molecule has 0 aliphatic carbocycles. The van der Waals surface area contributed by atoms with Gasteiger partial charge < -0.3 is 0 Å². The zero-order valence-corrected chi connectivity index (χ0v) is 11.3. The van der Waals surface area contributed by atoms with Crippen molar-refractivity contribution in [3.05, 3.63) is 39.8 Å². The molecule has 1 aromatic carbocycles. The van der Waals surface area contributed by atoms with Gasteiger partial charge in [-0.3, -0.25) is 0 Å². The van der Waals surface area contributed by atoms with Gasteiger partial charge >= 0.3 is 0 Å². The molecule has 0 spiro atoms. The van der Waals surface area contributed by atoms with E-state index in [1.165, 1.54) is 15.6 Å². The zero-order chi connectivity index (χ0) is 12.8. The molecule has 0 N–H and O–H groups in total. The Balaban J connectivity index is 1.93. The van der Waals surface area contributed by atoms with Crippen molar-refractivity contribution >= 4 is 21.4 Å². The van der Waals surface area contributed by atoms with E-state index >= 15 is 0 Å². The molecule has 1 aromatic heterocycles. The van der Waals surface area contributed by atoms with E-state index in [0.29, 0.717) is 18.0 Å². The maximum Gasteiger partial charge on any atom is 0.244 e. The third-order valence-electron chi connectivity index (χ3n) is 2.82. The first-order chi connectivity index (χ1) is 8.57. The van der Waals surface area contributed by atoms with Gasteiger partial charge in [-0.2, -0.15) is 4.31 Å². The lowest BCUT2D eigenvalue weighted by molar-refractivity contribution is 0.418. The third kappa shape index (κ3) is 1.84. The fourth-order valence-electron chi connectivity index (χ4n) is 1.99. The molecular formula is C11H11N3O2S2. The maximum absolute atomic E-state index is 12.3. The van der Waals surface area contributed by atoms with Crippen molar-refractivity contribution in [2.75, 3.05) is 0 Å². The lowest BCUT2D eigenvalue weighted by atomic mass is 10.2. The van der Waals surface area contributed by atoms with Crippen molar-refractivity contribution in [3.8, 4) is 0 Å². The molecule has 2 heterocycles. The molecule has 0 bridgehead atoms. The summed E-state index contributed by atoms with van der Waals surface area (Å²) in [5.41, 5.74) is 0.846. The number of aromatic nitrogens is 2. The first-order valence-electron chi connectivity index (χ1n) is 5.44. The van der Waals surface area contributed by atoms with Gasteiger partial charge in [-0.15, -0.1) is 21.5 Å². The van der Waals surface area contributed by atoms with Crippen LogP contribution < -0.4 is 0 Å². The summed E-state index contributed by atoms with van der Waals surface area (Å²) >= 11 is 1.43. The Bertz CT molecular complexity index is 694. The first kappa shape index (κ1) is 11.8. The fourth-order valence-corrected chi connectivity index (χ4v) is 4.39. The number of nitrogens with zero attached hydrogens (tertiary/aromatic N) is 3. The Kier molecular flexibility index (Phi) is 2.69. The van der Waals surface area contributed by atoms with E-state index in [-0.39, 0.29) is 0 Å². The van der Waals surface area contributed by atoms with Crippen LogP contribution in [0, 0.1) is 6.92 Å². The van der Waals surface area contributed by atoms with Gasteiger partial charge in [-0.25, -0.2) is 8.42 Å². The number of fused-ring (bicyclic) bond motifs is 1. The molecule has 0 fully saturated rings. The number of sulfonamides is 1. The molecule has 0 saturated heterocycles. The lowest BCUT2D eigenvalue weighted by Crippen LogP contribution is -2.23. The molecule has 18 heavy (non-hydrogen) atoms. The minimum atomic E-state index is -3.36. The van der Waals surface area contributed by atoms with Crippen molar-refractivity contribution in [2.24, 2.45) is 0 Å². The number of aryl methyl sites for hydroxylation is 1. The maximum atomic E-state index is 12.3. The summed E-state index contributed by atoms with van der Waals surface area (Å²) < 4.78 is 26.0. The fraction of sp³-hybridized carbons (Fsp3) is 0.273. The van der Waals surface area contributed by atoms with Crippen molar-refractivity contribution in [1.82, 2.24) is 14.5 Å². The van der Waals surface area contributed by atoms with Crippen molar-refractivity contribution in [1.29, 1.82) is 0 Å². The second kappa shape index (κ2) is 4.11. The van der Waals surface area contributed by atoms with E-state index in [0.717, 1.165) is 15.6 Å². The lowest BCUT2D eigenvalue weighted by Gasteiger charge is -2.11. The average molecular weight is 281 g/mol. The molecule has 7 heteroatoms. The van der Waals surface area contributed by atoms with Crippen LogP contribution in [0.2, 0.25) is 0 Å². The Morgan fingerprint density at radius 3 is 2.78 bits per heavy atom. The standard InChI is InChI=1S/C11H11N3O2S2/c1-8-12-13-11(17-8)7-14-6-9-4-2-3-5-10(9)18(14,15)16/h2-5H,6-7H2,1H3. The number of hydrogen-bond donors (Lipinski definition) is 0. The van der Waals surface area contributed by atoms with Crippen LogP contribution in [0.5, 0.6) is 0 Å². The predicted octanol–water partition coefficient (Wildman–Crippen LogP) is 1.55. The monoisotopic (exact) mass is 281 g/mol. The highest BCUT2D eigenvalue weighted by Gasteiger charge is 2.34. The summed E-state index contributed by atoms with van der Waals surface area (Å²) in [7, 11) is -3.36. The van der Waals surface area contributed by atoms with Crippen LogP contribution in [0.25, 0.3) is 0 Å². The van der Waals surface area contributed by atoms with Crippen LogP contribution in [-0.4, -0.2) is 22.9 Å². The Morgan fingerprint density at radius 2 is 2.11 bits per heavy atom. The second-order valence-electron chi connectivity index (χ2n) is 4.10. The van der Waals surface area contributed by atoms with Crippen molar-refractivity contribution in [2.45, 2.75) is 24.9 Å². The molecule has 0 amide bonds. The molecule has 94 valence electrons. The van der Waals surface area contributed by atoms with Gasteiger partial charge in [-0.05, 0) is 18.6 Å². The van der Waals surface area contributed by atoms with Crippen molar-refractivity contribution < 1.29 is 8.42 Å². The molecule has 3 rings (SSSR count). The number of hydrogen-bond acceptors (Lipinski definition) is 5. The van der Waals surface area contributed by atoms with Crippen LogP contribution >= 0.6 is 11.3 Å². The van der Waals surface area contributed by atoms with Crippen LogP contribution in [-0.2, 0) is 23.1 Å². The van der Waals surface area contributed by atoms with E-state index in [1.54, 1.807) is 12.1 Å². The summed E-state index contributed by atoms with van der Waals surface area (Å²) in [6, 6.07) is 7.09. The molecule has 1 aliphatic heterocycles. The molecule has 1 aliphatic rings. The Labute approximate surface area is 109 Å². The summed E-state index contributed by atoms with van der Waals surface area (Å²) in [4.78, 5) is 0.409. The van der Waals surface area contributed by atoms with Gasteiger partial charge in [0.1, 0.15) is 10.0 Å². The third-order valence-corrected chi connectivity index (χ3v) is 5.53. The summed E-state index contributed by atoms with van der Waals surface area (Å²) in [6.45, 7) is 2.56. The second-order valence-corrected chi connectivity index (χ2v) is 7.27. The van der Waals surface area contributed by atoms with Gasteiger partial charge in [0.2, 0.25) is 10.0 Å². The van der Waals surface area contributed by atoms with Crippen LogP contribution in [0.1, 0.15) is 15.6 Å². The smallest absolute Gasteiger partial charge is 0.207 e. The van der Waals surface area contributed by atoms with Crippen LogP contribution in [0.15, 0.2) is 29.2 Å². The highest BCUT2D eigenvalue weighted by atomic mass is 32.2. The predicted molar refractivity (Wildman–Crippen MR) is 67.5 cm³/mol. The van der Waals surface area contributed by atoms with Gasteiger partial charge in [0.05, 0.1) is 11.4 Å². The molecule has 0 saturated carbocycles. The normalized spacial score (nSPS) is 17.8. The van der Waals surface area contributed by atoms with Crippen LogP contribution in [0.3, 0.4) is 0 Å². The van der Waals surface area contributed by atoms with Gasteiger partial charge in [0.15, 0.2) is 0 Å². The summed E-state index contributed by atoms with van der Waals surface area (Å²) in [5, 5.41) is 9.44. The average Bonchev–Trinajstić information content (AvgIpc) is 2.84. The van der Waals surface area contributed by atoms with Gasteiger partial charge in [0, 0.05) is 6.54 Å². The highest BCUT2D eigenvalue weighted by Crippen LogP contribution is 2.31. The summed E-state index contributed by atoms with van der Waals surface area (Å²) in [6.07, 6.45) is 0. The molecular weight excluding hydrogens is 270 g/mol. The molecule has 5 nitrogen and oxygen atoms in total.